The molecule has 2 aliphatic heterocycles. The molecule has 0 N–H and O–H groups in total. The van der Waals surface area contributed by atoms with E-state index in [1.807, 2.05) is 53.4 Å². The lowest BCUT2D eigenvalue weighted by atomic mass is 9.86. The molecule has 34 heavy (non-hydrogen) atoms. The highest BCUT2D eigenvalue weighted by Gasteiger charge is 2.45. The van der Waals surface area contributed by atoms with E-state index in [1.54, 1.807) is 25.4 Å². The molecule has 2 aromatic carbocycles. The molecule has 1 aromatic heterocycles. The number of carbonyl (C=O) groups is 1. The van der Waals surface area contributed by atoms with E-state index in [4.69, 9.17) is 9.47 Å². The molecule has 0 bridgehead atoms. The van der Waals surface area contributed by atoms with Crippen LogP contribution in [0.3, 0.4) is 0 Å². The predicted molar refractivity (Wildman–Crippen MR) is 130 cm³/mol. The number of amides is 1. The number of carbonyl (C=O) groups excluding carboxylic acids is 1. The minimum Gasteiger partial charge on any atom is -0.424 e. The molecule has 1 atom stereocenters. The lowest BCUT2D eigenvalue weighted by Crippen LogP contribution is -2.45. The first-order chi connectivity index (χ1) is 16.6. The summed E-state index contributed by atoms with van der Waals surface area (Å²) in [7, 11) is 0. The SMILES string of the molecule is CC(=O)N(c1ccccc1)[C@H]1COC2(CCN(Cc3cccc(Oc4ncccn4)c3)CC2)C1. The van der Waals surface area contributed by atoms with E-state index in [2.05, 4.69) is 20.9 Å². The van der Waals surface area contributed by atoms with E-state index in [1.165, 1.54) is 5.56 Å². The van der Waals surface area contributed by atoms with Crippen molar-refractivity contribution in [1.82, 2.24) is 14.9 Å². The van der Waals surface area contributed by atoms with Crippen molar-refractivity contribution in [2.75, 3.05) is 24.6 Å². The van der Waals surface area contributed by atoms with Crippen LogP contribution < -0.4 is 9.64 Å². The third kappa shape index (κ3) is 5.11. The zero-order valence-electron chi connectivity index (χ0n) is 19.5. The summed E-state index contributed by atoms with van der Waals surface area (Å²) in [5.74, 6) is 0.807. The number of para-hydroxylation sites is 1. The Bertz CT molecular complexity index is 1100. The molecule has 0 saturated carbocycles. The lowest BCUT2D eigenvalue weighted by Gasteiger charge is -2.39. The number of likely N-dealkylation sites (tertiary alicyclic amines) is 1. The molecule has 0 radical (unpaired) electrons. The van der Waals surface area contributed by atoms with Crippen LogP contribution in [0.4, 0.5) is 5.69 Å². The number of piperidine rings is 1. The fraction of sp³-hybridized carbons (Fsp3) is 0.370. The van der Waals surface area contributed by atoms with Crippen molar-refractivity contribution in [1.29, 1.82) is 0 Å². The fourth-order valence-corrected chi connectivity index (χ4v) is 5.10. The zero-order valence-corrected chi connectivity index (χ0v) is 19.5. The summed E-state index contributed by atoms with van der Waals surface area (Å²) in [4.78, 5) is 25.1. The van der Waals surface area contributed by atoms with Crippen LogP contribution in [0.2, 0.25) is 0 Å². The molecule has 1 amide bonds. The molecule has 7 nitrogen and oxygen atoms in total. The average molecular weight is 459 g/mol. The summed E-state index contributed by atoms with van der Waals surface area (Å²) in [6.45, 7) is 5.02. The van der Waals surface area contributed by atoms with Gasteiger partial charge >= 0.3 is 6.01 Å². The first-order valence-corrected chi connectivity index (χ1v) is 11.9. The van der Waals surface area contributed by atoms with E-state index in [0.717, 1.165) is 50.3 Å². The van der Waals surface area contributed by atoms with Gasteiger partial charge in [0.15, 0.2) is 0 Å². The zero-order chi connectivity index (χ0) is 23.4. The van der Waals surface area contributed by atoms with Gasteiger partial charge < -0.3 is 14.4 Å². The molecule has 2 saturated heterocycles. The average Bonchev–Trinajstić information content (AvgIpc) is 3.25. The normalized spacial score (nSPS) is 19.7. The Morgan fingerprint density at radius 3 is 2.59 bits per heavy atom. The van der Waals surface area contributed by atoms with Gasteiger partial charge in [-0.3, -0.25) is 9.69 Å². The van der Waals surface area contributed by atoms with Crippen LogP contribution in [0.25, 0.3) is 0 Å². The molecule has 3 aromatic rings. The number of hydrogen-bond donors (Lipinski definition) is 0. The second-order valence-electron chi connectivity index (χ2n) is 9.13. The van der Waals surface area contributed by atoms with Crippen LogP contribution in [-0.2, 0) is 16.1 Å². The Morgan fingerprint density at radius 1 is 1.09 bits per heavy atom. The number of rotatable bonds is 6. The molecule has 5 rings (SSSR count). The smallest absolute Gasteiger partial charge is 0.321 e. The van der Waals surface area contributed by atoms with Gasteiger partial charge in [-0.05, 0) is 55.2 Å². The van der Waals surface area contributed by atoms with Crippen LogP contribution in [-0.4, -0.2) is 52.1 Å². The highest BCUT2D eigenvalue weighted by atomic mass is 16.5. The van der Waals surface area contributed by atoms with Crippen LogP contribution in [0.1, 0.15) is 31.7 Å². The highest BCUT2D eigenvalue weighted by Crippen LogP contribution is 2.39. The molecular formula is C27H30N4O3. The quantitative estimate of drug-likeness (QED) is 0.544. The number of benzene rings is 2. The molecular weight excluding hydrogens is 428 g/mol. The number of aromatic nitrogens is 2. The maximum absolute atomic E-state index is 12.4. The molecule has 0 aliphatic carbocycles. The van der Waals surface area contributed by atoms with Crippen molar-refractivity contribution in [2.24, 2.45) is 0 Å². The number of hydrogen-bond acceptors (Lipinski definition) is 6. The Kier molecular flexibility index (Phi) is 6.56. The monoisotopic (exact) mass is 458 g/mol. The van der Waals surface area contributed by atoms with Gasteiger partial charge in [0.05, 0.1) is 18.2 Å². The number of nitrogens with zero attached hydrogens (tertiary/aromatic N) is 4. The maximum atomic E-state index is 12.4. The molecule has 0 unspecified atom stereocenters. The van der Waals surface area contributed by atoms with E-state index >= 15 is 0 Å². The van der Waals surface area contributed by atoms with Gasteiger partial charge in [-0.25, -0.2) is 9.97 Å². The van der Waals surface area contributed by atoms with Crippen molar-refractivity contribution in [3.8, 4) is 11.8 Å². The van der Waals surface area contributed by atoms with Crippen LogP contribution in [0.15, 0.2) is 73.1 Å². The largest absolute Gasteiger partial charge is 0.424 e. The molecule has 2 fully saturated rings. The van der Waals surface area contributed by atoms with E-state index in [-0.39, 0.29) is 17.6 Å². The fourth-order valence-electron chi connectivity index (χ4n) is 5.10. The van der Waals surface area contributed by atoms with Crippen LogP contribution in [0.5, 0.6) is 11.8 Å². The Balaban J connectivity index is 1.18. The second kappa shape index (κ2) is 9.91. The van der Waals surface area contributed by atoms with Gasteiger partial charge in [0.25, 0.3) is 0 Å². The summed E-state index contributed by atoms with van der Waals surface area (Å²) >= 11 is 0. The van der Waals surface area contributed by atoms with Crippen molar-refractivity contribution < 1.29 is 14.3 Å². The molecule has 3 heterocycles. The number of anilines is 1. The first-order valence-electron chi connectivity index (χ1n) is 11.9. The third-order valence-electron chi connectivity index (χ3n) is 6.75. The van der Waals surface area contributed by atoms with Crippen molar-refractivity contribution in [3.63, 3.8) is 0 Å². The third-order valence-corrected chi connectivity index (χ3v) is 6.75. The van der Waals surface area contributed by atoms with Crippen LogP contribution >= 0.6 is 0 Å². The van der Waals surface area contributed by atoms with Gasteiger partial charge in [-0.1, -0.05) is 30.3 Å². The van der Waals surface area contributed by atoms with E-state index < -0.39 is 0 Å². The van der Waals surface area contributed by atoms with Crippen molar-refractivity contribution >= 4 is 11.6 Å². The Labute approximate surface area is 200 Å². The van der Waals surface area contributed by atoms with Gasteiger partial charge in [0, 0.05) is 44.6 Å². The first kappa shape index (κ1) is 22.5. The molecule has 7 heteroatoms. The molecule has 1 spiro atoms. The van der Waals surface area contributed by atoms with Gasteiger partial charge in [0.2, 0.25) is 5.91 Å². The molecule has 176 valence electrons. The summed E-state index contributed by atoms with van der Waals surface area (Å²) in [5.41, 5.74) is 2.00. The minimum atomic E-state index is -0.140. The maximum Gasteiger partial charge on any atom is 0.321 e. The van der Waals surface area contributed by atoms with E-state index in [0.29, 0.717) is 12.6 Å². The Hall–Kier alpha value is -3.29. The summed E-state index contributed by atoms with van der Waals surface area (Å²) in [6.07, 6.45) is 6.16. The number of ether oxygens (including phenoxy) is 2. The Morgan fingerprint density at radius 2 is 1.85 bits per heavy atom. The predicted octanol–water partition coefficient (Wildman–Crippen LogP) is 4.45. The summed E-state index contributed by atoms with van der Waals surface area (Å²) < 4.78 is 12.2. The minimum absolute atomic E-state index is 0.0669. The standard InChI is InChI=1S/C27H30N4O3/c1-21(32)31(23-8-3-2-4-9-23)24-18-27(33-20-24)11-15-30(16-12-27)19-22-7-5-10-25(17-22)34-26-28-13-6-14-29-26/h2-10,13-14,17,24H,11-12,15-16,18-20H2,1H3/t24-/m1/s1. The topological polar surface area (TPSA) is 67.8 Å². The van der Waals surface area contributed by atoms with Gasteiger partial charge in [-0.15, -0.1) is 0 Å². The summed E-state index contributed by atoms with van der Waals surface area (Å²) in [6, 6.07) is 20.2. The second-order valence-corrected chi connectivity index (χ2v) is 9.13. The molecule has 2 aliphatic rings. The highest BCUT2D eigenvalue weighted by molar-refractivity contribution is 5.92. The van der Waals surface area contributed by atoms with Gasteiger partial charge in [0.1, 0.15) is 5.75 Å². The van der Waals surface area contributed by atoms with Gasteiger partial charge in [-0.2, -0.15) is 0 Å². The van der Waals surface area contributed by atoms with Crippen molar-refractivity contribution in [3.05, 3.63) is 78.6 Å². The lowest BCUT2D eigenvalue weighted by molar-refractivity contribution is -0.117. The summed E-state index contributed by atoms with van der Waals surface area (Å²) in [5, 5.41) is 0. The van der Waals surface area contributed by atoms with Crippen molar-refractivity contribution in [2.45, 2.75) is 44.4 Å². The van der Waals surface area contributed by atoms with Crippen LogP contribution in [0, 0.1) is 0 Å². The van der Waals surface area contributed by atoms with E-state index in [9.17, 15) is 4.79 Å².